The molecule has 0 saturated heterocycles. The third-order valence-electron chi connectivity index (χ3n) is 3.52. The van der Waals surface area contributed by atoms with Gasteiger partial charge in [-0.1, -0.05) is 17.7 Å². The maximum atomic E-state index is 12.0. The molecule has 136 valence electrons. The molecule has 0 aliphatic carbocycles. The first-order chi connectivity index (χ1) is 12.5. The molecule has 0 aliphatic rings. The number of hydrogen-bond donors (Lipinski definition) is 2. The average Bonchev–Trinajstić information content (AvgIpc) is 2.66. The van der Waals surface area contributed by atoms with E-state index in [0.29, 0.717) is 22.6 Å². The van der Waals surface area contributed by atoms with Gasteiger partial charge in [0, 0.05) is 11.1 Å². The number of aryl methyl sites for hydroxylation is 1. The van der Waals surface area contributed by atoms with Crippen molar-refractivity contribution in [3.63, 3.8) is 0 Å². The number of carbonyl (C=O) groups is 2. The van der Waals surface area contributed by atoms with Crippen molar-refractivity contribution in [1.29, 1.82) is 0 Å². The minimum Gasteiger partial charge on any atom is -0.497 e. The van der Waals surface area contributed by atoms with E-state index in [1.165, 1.54) is 6.21 Å². The molecule has 7 nitrogen and oxygen atoms in total. The molecule has 0 aliphatic heterocycles. The van der Waals surface area contributed by atoms with Crippen LogP contribution in [-0.4, -0.2) is 38.8 Å². The van der Waals surface area contributed by atoms with Gasteiger partial charge in [-0.25, -0.2) is 5.43 Å². The van der Waals surface area contributed by atoms with Gasteiger partial charge in [-0.2, -0.15) is 5.10 Å². The molecule has 0 saturated carbocycles. The number of amides is 2. The molecule has 0 fully saturated rings. The van der Waals surface area contributed by atoms with Gasteiger partial charge in [0.15, 0.2) is 0 Å². The molecule has 0 unspecified atom stereocenters. The van der Waals surface area contributed by atoms with E-state index in [1.54, 1.807) is 50.6 Å². The van der Waals surface area contributed by atoms with Gasteiger partial charge in [0.1, 0.15) is 11.5 Å². The number of nitrogens with one attached hydrogen (secondary N) is 2. The summed E-state index contributed by atoms with van der Waals surface area (Å²) in [7, 11) is 3.10. The highest BCUT2D eigenvalue weighted by molar-refractivity contribution is 5.96. The Kier molecular flexibility index (Phi) is 6.73. The normalized spacial score (nSPS) is 10.4. The number of methoxy groups -OCH3 is 2. The zero-order chi connectivity index (χ0) is 18.9. The number of hydrazone groups is 1. The number of rotatable bonds is 7. The first-order valence-electron chi connectivity index (χ1n) is 7.92. The second-order valence-electron chi connectivity index (χ2n) is 5.45. The average molecular weight is 355 g/mol. The lowest BCUT2D eigenvalue weighted by atomic mass is 10.1. The molecule has 7 heteroatoms. The van der Waals surface area contributed by atoms with Crippen molar-refractivity contribution in [2.24, 2.45) is 5.10 Å². The first-order valence-corrected chi connectivity index (χ1v) is 7.92. The van der Waals surface area contributed by atoms with Crippen LogP contribution in [0.2, 0.25) is 0 Å². The lowest BCUT2D eigenvalue weighted by molar-refractivity contribution is -0.120. The molecule has 0 heterocycles. The fourth-order valence-electron chi connectivity index (χ4n) is 2.20. The molecular weight excluding hydrogens is 334 g/mol. The third-order valence-corrected chi connectivity index (χ3v) is 3.52. The minimum atomic E-state index is -0.441. The van der Waals surface area contributed by atoms with Crippen LogP contribution in [-0.2, 0) is 4.79 Å². The predicted octanol–water partition coefficient (Wildman–Crippen LogP) is 1.89. The van der Waals surface area contributed by atoms with Gasteiger partial charge in [-0.3, -0.25) is 9.59 Å². The van der Waals surface area contributed by atoms with Crippen molar-refractivity contribution in [2.45, 2.75) is 6.92 Å². The molecule has 0 radical (unpaired) electrons. The SMILES string of the molecule is COc1ccc(OC)c(/C=N\NC(=O)CNC(=O)c2cccc(C)c2)c1. The van der Waals surface area contributed by atoms with Crippen LogP contribution in [0.3, 0.4) is 0 Å². The molecule has 0 aromatic heterocycles. The smallest absolute Gasteiger partial charge is 0.259 e. The Labute approximate surface area is 152 Å². The van der Waals surface area contributed by atoms with Crippen molar-refractivity contribution >= 4 is 18.0 Å². The summed E-state index contributed by atoms with van der Waals surface area (Å²) in [5.41, 5.74) is 4.48. The Hall–Kier alpha value is -3.35. The second-order valence-corrected chi connectivity index (χ2v) is 5.45. The predicted molar refractivity (Wildman–Crippen MR) is 98.8 cm³/mol. The Morgan fingerprint density at radius 1 is 1.12 bits per heavy atom. The highest BCUT2D eigenvalue weighted by Gasteiger charge is 2.08. The van der Waals surface area contributed by atoms with Gasteiger partial charge in [0.25, 0.3) is 11.8 Å². The lowest BCUT2D eigenvalue weighted by Crippen LogP contribution is -2.34. The molecule has 2 rings (SSSR count). The third kappa shape index (κ3) is 5.34. The number of carbonyl (C=O) groups excluding carboxylic acids is 2. The lowest BCUT2D eigenvalue weighted by Gasteiger charge is -2.07. The van der Waals surface area contributed by atoms with Crippen LogP contribution in [0.1, 0.15) is 21.5 Å². The summed E-state index contributed by atoms with van der Waals surface area (Å²) >= 11 is 0. The standard InChI is InChI=1S/C19H21N3O4/c1-13-5-4-6-14(9-13)19(24)20-12-18(23)22-21-11-15-10-16(25-2)7-8-17(15)26-3/h4-11H,12H2,1-3H3,(H,20,24)(H,22,23)/b21-11-. The number of ether oxygens (including phenoxy) is 2. The molecular formula is C19H21N3O4. The molecule has 0 bridgehead atoms. The molecule has 26 heavy (non-hydrogen) atoms. The van der Waals surface area contributed by atoms with E-state index in [1.807, 2.05) is 13.0 Å². The van der Waals surface area contributed by atoms with Crippen molar-refractivity contribution in [3.05, 3.63) is 59.2 Å². The number of benzene rings is 2. The van der Waals surface area contributed by atoms with E-state index in [9.17, 15) is 9.59 Å². The zero-order valence-corrected chi connectivity index (χ0v) is 14.9. The molecule has 2 aromatic rings. The van der Waals surface area contributed by atoms with E-state index in [4.69, 9.17) is 9.47 Å². The summed E-state index contributed by atoms with van der Waals surface area (Å²) < 4.78 is 10.4. The van der Waals surface area contributed by atoms with Crippen LogP contribution >= 0.6 is 0 Å². The highest BCUT2D eigenvalue weighted by Crippen LogP contribution is 2.22. The van der Waals surface area contributed by atoms with Gasteiger partial charge in [0.05, 0.1) is 27.0 Å². The van der Waals surface area contributed by atoms with Crippen molar-refractivity contribution in [1.82, 2.24) is 10.7 Å². The maximum absolute atomic E-state index is 12.0. The highest BCUT2D eigenvalue weighted by atomic mass is 16.5. The van der Waals surface area contributed by atoms with Crippen molar-refractivity contribution in [3.8, 4) is 11.5 Å². The van der Waals surface area contributed by atoms with Gasteiger partial charge in [-0.15, -0.1) is 0 Å². The van der Waals surface area contributed by atoms with Crippen LogP contribution in [0, 0.1) is 6.92 Å². The number of nitrogens with zero attached hydrogens (tertiary/aromatic N) is 1. The summed E-state index contributed by atoms with van der Waals surface area (Å²) in [4.78, 5) is 23.8. The van der Waals surface area contributed by atoms with Gasteiger partial charge >= 0.3 is 0 Å². The van der Waals surface area contributed by atoms with Crippen LogP contribution in [0.5, 0.6) is 11.5 Å². The molecule has 0 spiro atoms. The van der Waals surface area contributed by atoms with E-state index in [0.717, 1.165) is 5.56 Å². The Bertz CT molecular complexity index is 818. The quantitative estimate of drug-likeness (QED) is 0.586. The van der Waals surface area contributed by atoms with E-state index in [-0.39, 0.29) is 12.5 Å². The van der Waals surface area contributed by atoms with Crippen LogP contribution in [0.25, 0.3) is 0 Å². The van der Waals surface area contributed by atoms with Crippen LogP contribution in [0.15, 0.2) is 47.6 Å². The van der Waals surface area contributed by atoms with E-state index < -0.39 is 5.91 Å². The maximum Gasteiger partial charge on any atom is 0.259 e. The monoisotopic (exact) mass is 355 g/mol. The fraction of sp³-hybridized carbons (Fsp3) is 0.211. The summed E-state index contributed by atoms with van der Waals surface area (Å²) in [6.45, 7) is 1.71. The Morgan fingerprint density at radius 3 is 2.62 bits per heavy atom. The summed E-state index contributed by atoms with van der Waals surface area (Å²) in [5, 5.41) is 6.42. The summed E-state index contributed by atoms with van der Waals surface area (Å²) in [5.74, 6) is 0.479. The zero-order valence-electron chi connectivity index (χ0n) is 14.9. The Balaban J connectivity index is 1.88. The van der Waals surface area contributed by atoms with Crippen LogP contribution in [0.4, 0.5) is 0 Å². The van der Waals surface area contributed by atoms with Crippen LogP contribution < -0.4 is 20.2 Å². The first kappa shape index (κ1) is 19.0. The minimum absolute atomic E-state index is 0.181. The van der Waals surface area contributed by atoms with E-state index >= 15 is 0 Å². The van der Waals surface area contributed by atoms with Crippen molar-refractivity contribution < 1.29 is 19.1 Å². The molecule has 2 amide bonds. The topological polar surface area (TPSA) is 89.0 Å². The largest absolute Gasteiger partial charge is 0.497 e. The molecule has 2 aromatic carbocycles. The van der Waals surface area contributed by atoms with Gasteiger partial charge in [-0.05, 0) is 37.3 Å². The van der Waals surface area contributed by atoms with Gasteiger partial charge < -0.3 is 14.8 Å². The van der Waals surface area contributed by atoms with Crippen molar-refractivity contribution in [2.75, 3.05) is 20.8 Å². The molecule has 0 atom stereocenters. The summed E-state index contributed by atoms with van der Waals surface area (Å²) in [6, 6.07) is 12.3. The molecule has 2 N–H and O–H groups in total. The number of hydrogen-bond acceptors (Lipinski definition) is 5. The van der Waals surface area contributed by atoms with E-state index in [2.05, 4.69) is 15.8 Å². The second kappa shape index (κ2) is 9.22. The Morgan fingerprint density at radius 2 is 1.92 bits per heavy atom. The fourth-order valence-corrected chi connectivity index (χ4v) is 2.20. The summed E-state index contributed by atoms with van der Waals surface area (Å²) in [6.07, 6.45) is 1.45. The van der Waals surface area contributed by atoms with Gasteiger partial charge in [0.2, 0.25) is 0 Å².